The molecule has 8 aromatic rings. The minimum absolute atomic E-state index is 0.918. The molecule has 0 aliphatic carbocycles. The molecule has 0 bridgehead atoms. The maximum Gasteiger partial charge on any atom is 0.116 e. The van der Waals surface area contributed by atoms with Gasteiger partial charge in [-0.25, -0.2) is 0 Å². The fourth-order valence-electron chi connectivity index (χ4n) is 7.12. The van der Waals surface area contributed by atoms with Crippen molar-refractivity contribution in [1.29, 1.82) is 0 Å². The van der Waals surface area contributed by atoms with E-state index in [0.717, 1.165) is 10.6 Å². The predicted molar refractivity (Wildman–Crippen MR) is 209 cm³/mol. The lowest BCUT2D eigenvalue weighted by molar-refractivity contribution is 1.43. The summed E-state index contributed by atoms with van der Waals surface area (Å²) in [5.41, 5.74) is 6.28. The number of hydrogen-bond acceptors (Lipinski definition) is 0. The predicted octanol–water partition coefficient (Wildman–Crippen LogP) is 11.6. The van der Waals surface area contributed by atoms with Crippen LogP contribution in [0.15, 0.2) is 193 Å². The topological polar surface area (TPSA) is 0 Å². The molecule has 224 valence electrons. The Balaban J connectivity index is 1.45. The molecule has 0 N–H and O–H groups in total. The van der Waals surface area contributed by atoms with Crippen molar-refractivity contribution in [1.82, 2.24) is 0 Å². The van der Waals surface area contributed by atoms with Gasteiger partial charge in [-0.3, -0.25) is 0 Å². The summed E-state index contributed by atoms with van der Waals surface area (Å²) in [6, 6.07) is 69.3. The zero-order valence-corrected chi connectivity index (χ0v) is 28.4. The van der Waals surface area contributed by atoms with Gasteiger partial charge in [-0.1, -0.05) is 155 Å². The lowest BCUT2D eigenvalue weighted by Crippen LogP contribution is -2.32. The van der Waals surface area contributed by atoms with Crippen LogP contribution in [0.4, 0.5) is 0 Å². The first kappa shape index (κ1) is 29.6. The van der Waals surface area contributed by atoms with Gasteiger partial charge in [0.2, 0.25) is 0 Å². The summed E-state index contributed by atoms with van der Waals surface area (Å²) in [7, 11) is -2.10. The third-order valence-corrected chi connectivity index (χ3v) is 14.4. The zero-order chi connectivity index (χ0) is 31.6. The van der Waals surface area contributed by atoms with Crippen LogP contribution in [-0.2, 0) is 6.16 Å². The van der Waals surface area contributed by atoms with Gasteiger partial charge in [-0.15, -0.1) is 0 Å². The van der Waals surface area contributed by atoms with E-state index in [2.05, 4.69) is 204 Å². The van der Waals surface area contributed by atoms with Crippen LogP contribution < -0.4 is 15.9 Å². The van der Waals surface area contributed by atoms with E-state index in [1.54, 1.807) is 0 Å². The Morgan fingerprint density at radius 1 is 0.383 bits per heavy atom. The van der Waals surface area contributed by atoms with E-state index in [9.17, 15) is 0 Å². The second-order valence-electron chi connectivity index (χ2n) is 12.0. The number of rotatable bonds is 7. The Bertz CT molecular complexity index is 2200. The smallest absolute Gasteiger partial charge is 0.0622 e. The highest BCUT2D eigenvalue weighted by atomic mass is 79.9. The van der Waals surface area contributed by atoms with E-state index in [1.807, 2.05) is 0 Å². The van der Waals surface area contributed by atoms with Crippen LogP contribution in [0.25, 0.3) is 43.8 Å². The average Bonchev–Trinajstić information content (AvgIpc) is 3.15. The second kappa shape index (κ2) is 12.8. The molecule has 0 aliphatic heterocycles. The van der Waals surface area contributed by atoms with Gasteiger partial charge in [0.25, 0.3) is 0 Å². The highest BCUT2D eigenvalue weighted by Gasteiger charge is 2.45. The van der Waals surface area contributed by atoms with Gasteiger partial charge in [0.05, 0.1) is 6.16 Å². The van der Waals surface area contributed by atoms with Gasteiger partial charge in [-0.2, -0.15) is 0 Å². The summed E-state index contributed by atoms with van der Waals surface area (Å²) in [6.07, 6.45) is 0.918. The van der Waals surface area contributed by atoms with Crippen LogP contribution >= 0.6 is 23.2 Å². The zero-order valence-electron chi connectivity index (χ0n) is 25.9. The monoisotopic (exact) mass is 683 g/mol. The molecule has 2 heteroatoms. The number of hydrogen-bond donors (Lipinski definition) is 0. The molecule has 47 heavy (non-hydrogen) atoms. The van der Waals surface area contributed by atoms with Gasteiger partial charge >= 0.3 is 0 Å². The summed E-state index contributed by atoms with van der Waals surface area (Å²) in [6.45, 7) is 0. The molecule has 0 aliphatic rings. The lowest BCUT2D eigenvalue weighted by Gasteiger charge is -2.28. The quantitative estimate of drug-likeness (QED) is 0.116. The maximum atomic E-state index is 3.98. The van der Waals surface area contributed by atoms with Crippen molar-refractivity contribution in [2.75, 3.05) is 0 Å². The molecule has 0 heterocycles. The summed E-state index contributed by atoms with van der Waals surface area (Å²) in [5.74, 6) is 0. The molecule has 0 nitrogen and oxygen atoms in total. The molecule has 0 spiro atoms. The van der Waals surface area contributed by atoms with Gasteiger partial charge < -0.3 is 0 Å². The molecule has 8 aromatic carbocycles. The van der Waals surface area contributed by atoms with Crippen LogP contribution in [0.5, 0.6) is 0 Å². The van der Waals surface area contributed by atoms with Crippen LogP contribution in [-0.4, -0.2) is 0 Å². The largest absolute Gasteiger partial charge is 0.116 e. The highest BCUT2D eigenvalue weighted by molar-refractivity contribution is 9.10. The van der Waals surface area contributed by atoms with Crippen molar-refractivity contribution < 1.29 is 0 Å². The molecular weight excluding hydrogens is 651 g/mol. The fourth-order valence-corrected chi connectivity index (χ4v) is 12.0. The van der Waals surface area contributed by atoms with Crippen molar-refractivity contribution in [2.45, 2.75) is 6.16 Å². The molecule has 0 atom stereocenters. The Morgan fingerprint density at radius 2 is 0.851 bits per heavy atom. The Hall–Kier alpha value is -4.81. The third-order valence-electron chi connectivity index (χ3n) is 9.34. The van der Waals surface area contributed by atoms with Crippen LogP contribution in [0.2, 0.25) is 0 Å². The van der Waals surface area contributed by atoms with Crippen LogP contribution in [0, 0.1) is 0 Å². The molecule has 0 unspecified atom stereocenters. The standard InChI is InChI=1S/C45H33BrP/c46-44-31-36(33-16-6-1-7-17-33)30-43-42(44)29-28-41-35(26-27-40(45(41)43)34-18-8-2-9-19-34)32-47(37-20-10-3-11-21-37,38-22-12-4-13-23-38)39-24-14-5-15-25-39/h1-31H,32H2/q+1. The molecule has 0 aromatic heterocycles. The molecule has 8 rings (SSSR count). The average molecular weight is 685 g/mol. The van der Waals surface area contributed by atoms with Gasteiger partial charge in [-0.05, 0) is 97.9 Å². The van der Waals surface area contributed by atoms with Crippen molar-refractivity contribution >= 4 is 60.7 Å². The number of halogens is 1. The maximum absolute atomic E-state index is 3.98. The molecule has 0 saturated heterocycles. The third kappa shape index (κ3) is 5.40. The first-order chi connectivity index (χ1) is 23.2. The van der Waals surface area contributed by atoms with E-state index in [1.165, 1.54) is 65.3 Å². The highest BCUT2D eigenvalue weighted by Crippen LogP contribution is 2.59. The van der Waals surface area contributed by atoms with Crippen molar-refractivity contribution in [3.05, 3.63) is 198 Å². The van der Waals surface area contributed by atoms with Gasteiger partial charge in [0, 0.05) is 4.47 Å². The summed E-state index contributed by atoms with van der Waals surface area (Å²) in [5, 5.41) is 9.29. The molecule has 0 saturated carbocycles. The second-order valence-corrected chi connectivity index (χ2v) is 16.4. The van der Waals surface area contributed by atoms with Crippen LogP contribution in [0.3, 0.4) is 0 Å². The van der Waals surface area contributed by atoms with Crippen molar-refractivity contribution in [2.24, 2.45) is 0 Å². The lowest BCUT2D eigenvalue weighted by atomic mass is 9.90. The molecule has 0 amide bonds. The Labute approximate surface area is 285 Å². The van der Waals surface area contributed by atoms with Crippen LogP contribution in [0.1, 0.15) is 5.56 Å². The minimum atomic E-state index is -2.10. The van der Waals surface area contributed by atoms with E-state index in [-0.39, 0.29) is 0 Å². The van der Waals surface area contributed by atoms with E-state index < -0.39 is 7.26 Å². The van der Waals surface area contributed by atoms with Gasteiger partial charge in [0.1, 0.15) is 23.2 Å². The summed E-state index contributed by atoms with van der Waals surface area (Å²) >= 11 is 3.98. The Morgan fingerprint density at radius 3 is 1.38 bits per heavy atom. The summed E-state index contributed by atoms with van der Waals surface area (Å²) in [4.78, 5) is 0. The Kier molecular flexibility index (Phi) is 8.04. The van der Waals surface area contributed by atoms with E-state index >= 15 is 0 Å². The van der Waals surface area contributed by atoms with Crippen molar-refractivity contribution in [3.8, 4) is 22.3 Å². The normalized spacial score (nSPS) is 11.6. The van der Waals surface area contributed by atoms with Crippen molar-refractivity contribution in [3.63, 3.8) is 0 Å². The molecule has 0 radical (unpaired) electrons. The SMILES string of the molecule is Brc1cc(-c2ccccc2)cc2c1ccc1c(C[P+](c3ccccc3)(c3ccccc3)c3ccccc3)ccc(-c3ccccc3)c12. The summed E-state index contributed by atoms with van der Waals surface area (Å²) < 4.78 is 1.11. The van der Waals surface area contributed by atoms with E-state index in [0.29, 0.717) is 0 Å². The molecule has 0 fully saturated rings. The molecular formula is C45H33BrP+. The minimum Gasteiger partial charge on any atom is -0.0622 e. The first-order valence-electron chi connectivity index (χ1n) is 16.1. The fraction of sp³-hybridized carbons (Fsp3) is 0.0222. The van der Waals surface area contributed by atoms with E-state index in [4.69, 9.17) is 0 Å². The number of fused-ring (bicyclic) bond motifs is 3. The first-order valence-corrected chi connectivity index (χ1v) is 18.8. The van der Waals surface area contributed by atoms with Gasteiger partial charge in [0.15, 0.2) is 0 Å². The number of benzene rings is 8.